The van der Waals surface area contributed by atoms with Gasteiger partial charge in [-0.15, -0.1) is 0 Å². The van der Waals surface area contributed by atoms with E-state index in [0.29, 0.717) is 30.1 Å². The summed E-state index contributed by atoms with van der Waals surface area (Å²) in [7, 11) is 0. The van der Waals surface area contributed by atoms with Gasteiger partial charge in [-0.2, -0.15) is 0 Å². The molecule has 142 valence electrons. The third-order valence-electron chi connectivity index (χ3n) is 4.67. The second-order valence-electron chi connectivity index (χ2n) is 6.86. The summed E-state index contributed by atoms with van der Waals surface area (Å²) in [6, 6.07) is 16.0. The van der Waals surface area contributed by atoms with Crippen LogP contribution in [0.15, 0.2) is 54.6 Å². The molecule has 0 aliphatic carbocycles. The first kappa shape index (κ1) is 19.4. The molecule has 1 aliphatic rings. The normalized spacial score (nSPS) is 18.0. The molecule has 27 heavy (non-hydrogen) atoms. The van der Waals surface area contributed by atoms with Crippen LogP contribution < -0.4 is 10.6 Å². The lowest BCUT2D eigenvalue weighted by atomic mass is 10.0. The molecule has 6 heteroatoms. The van der Waals surface area contributed by atoms with Crippen LogP contribution in [0.25, 0.3) is 0 Å². The highest BCUT2D eigenvalue weighted by molar-refractivity contribution is 6.30. The zero-order valence-electron chi connectivity index (χ0n) is 15.3. The van der Waals surface area contributed by atoms with E-state index >= 15 is 0 Å². The van der Waals surface area contributed by atoms with Crippen molar-refractivity contribution in [2.24, 2.45) is 0 Å². The average Bonchev–Trinajstić information content (AvgIpc) is 2.68. The van der Waals surface area contributed by atoms with Crippen molar-refractivity contribution in [3.8, 4) is 0 Å². The zero-order valence-corrected chi connectivity index (χ0v) is 16.1. The summed E-state index contributed by atoms with van der Waals surface area (Å²) in [5.41, 5.74) is 1.49. The predicted molar refractivity (Wildman–Crippen MR) is 107 cm³/mol. The predicted octanol–water partition coefficient (Wildman–Crippen LogP) is 2.50. The number of hydrogen-bond acceptors (Lipinski definition) is 3. The van der Waals surface area contributed by atoms with Gasteiger partial charge >= 0.3 is 0 Å². The van der Waals surface area contributed by atoms with Crippen LogP contribution in [0.5, 0.6) is 0 Å². The maximum absolute atomic E-state index is 13.1. The van der Waals surface area contributed by atoms with Crippen molar-refractivity contribution in [2.75, 3.05) is 19.6 Å². The van der Waals surface area contributed by atoms with E-state index in [-0.39, 0.29) is 17.9 Å². The van der Waals surface area contributed by atoms with Crippen LogP contribution in [0.2, 0.25) is 5.02 Å². The molecule has 2 atom stereocenters. The van der Waals surface area contributed by atoms with Crippen molar-refractivity contribution in [1.82, 2.24) is 15.5 Å². The van der Waals surface area contributed by atoms with Gasteiger partial charge in [0.25, 0.3) is 5.91 Å². The van der Waals surface area contributed by atoms with Crippen LogP contribution in [-0.2, 0) is 11.2 Å². The Kier molecular flexibility index (Phi) is 6.48. The van der Waals surface area contributed by atoms with Gasteiger partial charge in [-0.3, -0.25) is 9.59 Å². The lowest BCUT2D eigenvalue weighted by Crippen LogP contribution is -2.57. The number of halogens is 1. The molecule has 0 spiro atoms. The van der Waals surface area contributed by atoms with Crippen LogP contribution in [0.1, 0.15) is 22.8 Å². The molecule has 1 saturated heterocycles. The molecule has 2 aromatic carbocycles. The maximum atomic E-state index is 13.1. The first-order valence-corrected chi connectivity index (χ1v) is 9.53. The largest absolute Gasteiger partial charge is 0.340 e. The van der Waals surface area contributed by atoms with E-state index in [9.17, 15) is 9.59 Å². The van der Waals surface area contributed by atoms with E-state index in [0.717, 1.165) is 12.1 Å². The van der Waals surface area contributed by atoms with Crippen molar-refractivity contribution >= 4 is 23.4 Å². The molecule has 0 saturated carbocycles. The second-order valence-corrected chi connectivity index (χ2v) is 7.30. The van der Waals surface area contributed by atoms with Crippen LogP contribution in [0.3, 0.4) is 0 Å². The first-order valence-electron chi connectivity index (χ1n) is 9.15. The molecule has 2 N–H and O–H groups in total. The number of carbonyl (C=O) groups is 2. The van der Waals surface area contributed by atoms with E-state index < -0.39 is 6.04 Å². The number of amides is 2. The summed E-state index contributed by atoms with van der Waals surface area (Å²) in [5.74, 6) is -0.321. The molecule has 1 fully saturated rings. The van der Waals surface area contributed by atoms with Gasteiger partial charge in [0.05, 0.1) is 0 Å². The van der Waals surface area contributed by atoms with Gasteiger partial charge < -0.3 is 15.5 Å². The van der Waals surface area contributed by atoms with Crippen molar-refractivity contribution < 1.29 is 9.59 Å². The smallest absolute Gasteiger partial charge is 0.251 e. The van der Waals surface area contributed by atoms with Crippen molar-refractivity contribution in [3.05, 3.63) is 70.7 Å². The molecule has 2 amide bonds. The van der Waals surface area contributed by atoms with Crippen molar-refractivity contribution in [3.63, 3.8) is 0 Å². The third kappa shape index (κ3) is 5.31. The van der Waals surface area contributed by atoms with Crippen molar-refractivity contribution in [2.45, 2.75) is 25.4 Å². The van der Waals surface area contributed by atoms with Crippen LogP contribution in [-0.4, -0.2) is 48.4 Å². The highest BCUT2D eigenvalue weighted by atomic mass is 35.5. The molecule has 1 aliphatic heterocycles. The monoisotopic (exact) mass is 385 g/mol. The van der Waals surface area contributed by atoms with Gasteiger partial charge in [0.15, 0.2) is 0 Å². The Labute approximate surface area is 164 Å². The molecule has 0 aromatic heterocycles. The topological polar surface area (TPSA) is 61.4 Å². The first-order chi connectivity index (χ1) is 13.0. The van der Waals surface area contributed by atoms with Gasteiger partial charge in [-0.1, -0.05) is 41.9 Å². The number of piperazine rings is 1. The zero-order chi connectivity index (χ0) is 19.2. The van der Waals surface area contributed by atoms with Crippen LogP contribution in [0.4, 0.5) is 0 Å². The fraction of sp³-hybridized carbons (Fsp3) is 0.333. The van der Waals surface area contributed by atoms with E-state index in [1.165, 1.54) is 0 Å². The Hall–Kier alpha value is -2.37. The Morgan fingerprint density at radius 3 is 2.56 bits per heavy atom. The SMILES string of the molecule is CC1CN(C(=O)C(Cc2ccccc2)NC(=O)c2ccc(Cl)cc2)CCN1. The summed E-state index contributed by atoms with van der Waals surface area (Å²) in [4.78, 5) is 27.6. The molecule has 3 rings (SSSR count). The number of nitrogens with one attached hydrogen (secondary N) is 2. The van der Waals surface area contributed by atoms with Crippen LogP contribution in [0, 0.1) is 0 Å². The Balaban J connectivity index is 1.77. The average molecular weight is 386 g/mol. The third-order valence-corrected chi connectivity index (χ3v) is 4.92. The van der Waals surface area contributed by atoms with E-state index in [1.54, 1.807) is 24.3 Å². The molecular formula is C21H24ClN3O2. The molecular weight excluding hydrogens is 362 g/mol. The number of benzene rings is 2. The highest BCUT2D eigenvalue weighted by Gasteiger charge is 2.29. The summed E-state index contributed by atoms with van der Waals surface area (Å²) in [6.07, 6.45) is 0.456. The number of hydrogen-bond donors (Lipinski definition) is 2. The molecule has 2 aromatic rings. The summed E-state index contributed by atoms with van der Waals surface area (Å²) in [5, 5.41) is 6.82. The van der Waals surface area contributed by atoms with Crippen molar-refractivity contribution in [1.29, 1.82) is 0 Å². The van der Waals surface area contributed by atoms with Crippen LogP contribution >= 0.6 is 11.6 Å². The van der Waals surface area contributed by atoms with E-state index in [4.69, 9.17) is 11.6 Å². The molecule has 5 nitrogen and oxygen atoms in total. The summed E-state index contributed by atoms with van der Waals surface area (Å²) < 4.78 is 0. The molecule has 0 bridgehead atoms. The standard InChI is InChI=1S/C21H24ClN3O2/c1-15-14-25(12-11-23-15)21(27)19(13-16-5-3-2-4-6-16)24-20(26)17-7-9-18(22)10-8-17/h2-10,15,19,23H,11-14H2,1H3,(H,24,26). The lowest BCUT2D eigenvalue weighted by Gasteiger charge is -2.34. The number of carbonyl (C=O) groups excluding carboxylic acids is 2. The summed E-state index contributed by atoms with van der Waals surface area (Å²) >= 11 is 5.90. The summed E-state index contributed by atoms with van der Waals surface area (Å²) in [6.45, 7) is 4.10. The highest BCUT2D eigenvalue weighted by Crippen LogP contribution is 2.12. The molecule has 1 heterocycles. The van der Waals surface area contributed by atoms with Gasteiger partial charge in [-0.05, 0) is 36.8 Å². The fourth-order valence-corrected chi connectivity index (χ4v) is 3.37. The van der Waals surface area contributed by atoms with E-state index in [1.807, 2.05) is 35.2 Å². The minimum absolute atomic E-state index is 0.0467. The van der Waals surface area contributed by atoms with Gasteiger partial charge in [0.2, 0.25) is 5.91 Å². The Bertz CT molecular complexity index is 780. The van der Waals surface area contributed by atoms with Gasteiger partial charge in [-0.25, -0.2) is 0 Å². The molecule has 0 radical (unpaired) electrons. The minimum Gasteiger partial charge on any atom is -0.340 e. The van der Waals surface area contributed by atoms with Gasteiger partial charge in [0, 0.05) is 42.7 Å². The number of nitrogens with zero attached hydrogens (tertiary/aromatic N) is 1. The minimum atomic E-state index is -0.610. The molecule has 2 unspecified atom stereocenters. The van der Waals surface area contributed by atoms with E-state index in [2.05, 4.69) is 17.6 Å². The maximum Gasteiger partial charge on any atom is 0.251 e. The Morgan fingerprint density at radius 2 is 1.89 bits per heavy atom. The number of rotatable bonds is 5. The Morgan fingerprint density at radius 1 is 1.19 bits per heavy atom. The second kappa shape index (κ2) is 9.02. The van der Waals surface area contributed by atoms with Gasteiger partial charge in [0.1, 0.15) is 6.04 Å². The quantitative estimate of drug-likeness (QED) is 0.831. The lowest BCUT2D eigenvalue weighted by molar-refractivity contribution is -0.134. The fourth-order valence-electron chi connectivity index (χ4n) is 3.25.